The van der Waals surface area contributed by atoms with E-state index in [4.69, 9.17) is 0 Å². The van der Waals surface area contributed by atoms with Crippen molar-refractivity contribution in [3.63, 3.8) is 0 Å². The lowest BCUT2D eigenvalue weighted by molar-refractivity contribution is 0.538. The minimum atomic E-state index is 0. The highest BCUT2D eigenvalue weighted by Gasteiger charge is 2.19. The van der Waals surface area contributed by atoms with E-state index < -0.39 is 0 Å². The van der Waals surface area contributed by atoms with Gasteiger partial charge in [0.05, 0.1) is 0 Å². The fourth-order valence-corrected chi connectivity index (χ4v) is 3.54. The van der Waals surface area contributed by atoms with Gasteiger partial charge in [-0.15, -0.1) is 34.2 Å². The van der Waals surface area contributed by atoms with Crippen molar-refractivity contribution in [2.75, 3.05) is 20.1 Å². The summed E-state index contributed by atoms with van der Waals surface area (Å²) in [6.45, 7) is 4.65. The van der Waals surface area contributed by atoms with Crippen LogP contribution in [0.2, 0.25) is 0 Å². The van der Waals surface area contributed by atoms with Crippen LogP contribution in [0.25, 0.3) is 0 Å². The highest BCUT2D eigenvalue weighted by molar-refractivity contribution is 14.0. The minimum absolute atomic E-state index is 0. The first kappa shape index (κ1) is 20.7. The van der Waals surface area contributed by atoms with Crippen LogP contribution in [0.15, 0.2) is 35.6 Å². The first-order valence-corrected chi connectivity index (χ1v) is 9.20. The number of aryl methyl sites for hydroxylation is 2. The lowest BCUT2D eigenvalue weighted by atomic mass is 9.83. The number of aliphatic imine (C=N–C) groups is 1. The van der Waals surface area contributed by atoms with Crippen LogP contribution in [-0.4, -0.2) is 40.9 Å². The van der Waals surface area contributed by atoms with E-state index in [1.165, 1.54) is 30.4 Å². The Kier molecular flexibility index (Phi) is 8.34. The molecular weight excluding hydrogens is 439 g/mol. The summed E-state index contributed by atoms with van der Waals surface area (Å²) in [5, 5.41) is 15.0. The average molecular weight is 468 g/mol. The maximum atomic E-state index is 4.34. The lowest BCUT2D eigenvalue weighted by Gasteiger charge is -2.26. The quantitative estimate of drug-likeness (QED) is 0.389. The molecule has 0 fully saturated rings. The van der Waals surface area contributed by atoms with Crippen LogP contribution in [0, 0.1) is 0 Å². The largest absolute Gasteiger partial charge is 0.356 e. The molecule has 1 unspecified atom stereocenters. The van der Waals surface area contributed by atoms with Gasteiger partial charge in [-0.3, -0.25) is 4.99 Å². The van der Waals surface area contributed by atoms with Gasteiger partial charge in [-0.1, -0.05) is 31.2 Å². The van der Waals surface area contributed by atoms with E-state index in [2.05, 4.69) is 61.6 Å². The van der Waals surface area contributed by atoms with Crippen molar-refractivity contribution in [3.05, 3.63) is 47.5 Å². The third-order valence-electron chi connectivity index (χ3n) is 4.89. The smallest absolute Gasteiger partial charge is 0.191 e. The predicted molar refractivity (Wildman–Crippen MR) is 116 cm³/mol. The number of nitrogens with zero attached hydrogens (tertiary/aromatic N) is 4. The number of hydrogen-bond donors (Lipinski definition) is 2. The van der Waals surface area contributed by atoms with Gasteiger partial charge in [0.15, 0.2) is 5.96 Å². The van der Waals surface area contributed by atoms with Crippen LogP contribution < -0.4 is 10.6 Å². The predicted octanol–water partition coefficient (Wildman–Crippen LogP) is 2.74. The van der Waals surface area contributed by atoms with Gasteiger partial charge in [0.25, 0.3) is 0 Å². The second kappa shape index (κ2) is 10.5. The van der Waals surface area contributed by atoms with Crippen molar-refractivity contribution in [2.24, 2.45) is 4.99 Å². The molecule has 1 aliphatic rings. The van der Waals surface area contributed by atoms with Crippen molar-refractivity contribution in [1.82, 2.24) is 25.4 Å². The number of fused-ring (bicyclic) bond motifs is 1. The van der Waals surface area contributed by atoms with Crippen LogP contribution in [0.3, 0.4) is 0 Å². The summed E-state index contributed by atoms with van der Waals surface area (Å²) in [5.74, 6) is 2.44. The topological polar surface area (TPSA) is 67.1 Å². The van der Waals surface area contributed by atoms with Gasteiger partial charge >= 0.3 is 0 Å². The van der Waals surface area contributed by atoms with E-state index in [1.54, 1.807) is 6.33 Å². The maximum Gasteiger partial charge on any atom is 0.191 e. The highest BCUT2D eigenvalue weighted by Crippen LogP contribution is 2.30. The fourth-order valence-electron chi connectivity index (χ4n) is 3.54. The molecule has 2 aromatic rings. The lowest BCUT2D eigenvalue weighted by Crippen LogP contribution is -2.41. The molecule has 0 bridgehead atoms. The third kappa shape index (κ3) is 5.18. The number of aromatic nitrogens is 3. The molecule has 1 atom stereocenters. The highest BCUT2D eigenvalue weighted by atomic mass is 127. The molecule has 1 heterocycles. The van der Waals surface area contributed by atoms with E-state index in [0.717, 1.165) is 37.8 Å². The van der Waals surface area contributed by atoms with Gasteiger partial charge in [0.2, 0.25) is 0 Å². The fraction of sp³-hybridized carbons (Fsp3) is 0.526. The summed E-state index contributed by atoms with van der Waals surface area (Å²) in [4.78, 5) is 4.34. The summed E-state index contributed by atoms with van der Waals surface area (Å²) in [7, 11) is 1.82. The van der Waals surface area contributed by atoms with E-state index in [1.807, 2.05) is 7.05 Å². The summed E-state index contributed by atoms with van der Waals surface area (Å²) >= 11 is 0. The van der Waals surface area contributed by atoms with Gasteiger partial charge in [0.1, 0.15) is 12.2 Å². The third-order valence-corrected chi connectivity index (χ3v) is 4.89. The molecule has 1 aromatic heterocycles. The molecule has 0 aliphatic heterocycles. The minimum Gasteiger partial charge on any atom is -0.356 e. The maximum absolute atomic E-state index is 4.34. The molecule has 6 nitrogen and oxygen atoms in total. The molecule has 142 valence electrons. The number of rotatable bonds is 6. The number of guanidine groups is 1. The second-order valence-corrected chi connectivity index (χ2v) is 6.46. The van der Waals surface area contributed by atoms with Crippen LogP contribution in [0.1, 0.15) is 42.6 Å². The molecule has 0 radical (unpaired) electrons. The number of halogens is 1. The standard InChI is InChI=1S/C19H28N6.HI/c1-3-18-24-23-14-25(18)12-11-21-19(20-2)22-13-16-9-6-8-15-7-4-5-10-17(15)16;/h4-5,7,10,14,16H,3,6,8-9,11-13H2,1-2H3,(H2,20,21,22);1H. The molecule has 3 rings (SSSR count). The Labute approximate surface area is 172 Å². The van der Waals surface area contributed by atoms with E-state index in [9.17, 15) is 0 Å². The van der Waals surface area contributed by atoms with Crippen molar-refractivity contribution in [1.29, 1.82) is 0 Å². The van der Waals surface area contributed by atoms with Crippen molar-refractivity contribution >= 4 is 29.9 Å². The zero-order valence-electron chi connectivity index (χ0n) is 15.6. The van der Waals surface area contributed by atoms with Gasteiger partial charge < -0.3 is 15.2 Å². The van der Waals surface area contributed by atoms with Gasteiger partial charge in [-0.2, -0.15) is 0 Å². The van der Waals surface area contributed by atoms with Crippen molar-refractivity contribution in [2.45, 2.75) is 45.1 Å². The molecule has 0 spiro atoms. The van der Waals surface area contributed by atoms with E-state index >= 15 is 0 Å². The van der Waals surface area contributed by atoms with Crippen LogP contribution in [0.5, 0.6) is 0 Å². The van der Waals surface area contributed by atoms with Crippen LogP contribution in [-0.2, 0) is 19.4 Å². The molecular formula is C19H29IN6. The monoisotopic (exact) mass is 468 g/mol. The molecule has 1 aromatic carbocycles. The van der Waals surface area contributed by atoms with Gasteiger partial charge in [-0.25, -0.2) is 0 Å². The summed E-state index contributed by atoms with van der Waals surface area (Å²) < 4.78 is 2.08. The van der Waals surface area contributed by atoms with Gasteiger partial charge in [0, 0.05) is 39.0 Å². The van der Waals surface area contributed by atoms with E-state index in [0.29, 0.717) is 5.92 Å². The second-order valence-electron chi connectivity index (χ2n) is 6.46. The normalized spacial score (nSPS) is 16.5. The molecule has 26 heavy (non-hydrogen) atoms. The zero-order chi connectivity index (χ0) is 17.5. The molecule has 0 saturated heterocycles. The summed E-state index contributed by atoms with van der Waals surface area (Å²) in [5.41, 5.74) is 3.00. The molecule has 0 saturated carbocycles. The Morgan fingerprint density at radius 3 is 2.96 bits per heavy atom. The first-order valence-electron chi connectivity index (χ1n) is 9.20. The molecule has 7 heteroatoms. The Balaban J connectivity index is 0.00000243. The Bertz CT molecular complexity index is 712. The van der Waals surface area contributed by atoms with Crippen LogP contribution >= 0.6 is 24.0 Å². The molecule has 2 N–H and O–H groups in total. The van der Waals surface area contributed by atoms with Crippen molar-refractivity contribution in [3.8, 4) is 0 Å². The summed E-state index contributed by atoms with van der Waals surface area (Å²) in [6.07, 6.45) is 6.40. The Hall–Kier alpha value is -1.64. The van der Waals surface area contributed by atoms with Crippen LogP contribution in [0.4, 0.5) is 0 Å². The number of hydrogen-bond acceptors (Lipinski definition) is 3. The summed E-state index contributed by atoms with van der Waals surface area (Å²) in [6, 6.07) is 8.83. The zero-order valence-corrected chi connectivity index (χ0v) is 17.9. The number of benzene rings is 1. The Morgan fingerprint density at radius 1 is 1.31 bits per heavy atom. The average Bonchev–Trinajstić information content (AvgIpc) is 3.12. The first-order chi connectivity index (χ1) is 12.3. The van der Waals surface area contributed by atoms with Gasteiger partial charge in [-0.05, 0) is 30.4 Å². The molecule has 0 amide bonds. The van der Waals surface area contributed by atoms with E-state index in [-0.39, 0.29) is 24.0 Å². The number of nitrogens with one attached hydrogen (secondary N) is 2. The molecule has 1 aliphatic carbocycles. The SMILES string of the molecule is CCc1nncn1CCNC(=NC)NCC1CCCc2ccccc21.I. The Morgan fingerprint density at radius 2 is 2.15 bits per heavy atom. The van der Waals surface area contributed by atoms with Crippen molar-refractivity contribution < 1.29 is 0 Å².